The first-order valence-electron chi connectivity index (χ1n) is 7.44. The Balaban J connectivity index is 1.59. The van der Waals surface area contributed by atoms with E-state index in [1.165, 1.54) is 19.3 Å². The van der Waals surface area contributed by atoms with Crippen LogP contribution >= 0.6 is 0 Å². The van der Waals surface area contributed by atoms with Crippen LogP contribution < -0.4 is 20.5 Å². The molecule has 1 saturated heterocycles. The van der Waals surface area contributed by atoms with Crippen LogP contribution in [0.15, 0.2) is 12.1 Å². The molecule has 1 aromatic rings. The van der Waals surface area contributed by atoms with E-state index in [2.05, 4.69) is 10.2 Å². The van der Waals surface area contributed by atoms with E-state index in [9.17, 15) is 4.79 Å². The molecule has 0 atom stereocenters. The second-order valence-corrected chi connectivity index (χ2v) is 5.47. The first-order valence-corrected chi connectivity index (χ1v) is 7.44. The number of likely N-dealkylation sites (tertiary alicyclic amines) is 1. The van der Waals surface area contributed by atoms with Gasteiger partial charge in [-0.15, -0.1) is 0 Å². The zero-order chi connectivity index (χ0) is 14.7. The van der Waals surface area contributed by atoms with Crippen molar-refractivity contribution in [1.82, 2.24) is 4.90 Å². The Morgan fingerprint density at radius 2 is 2.10 bits per heavy atom. The van der Waals surface area contributed by atoms with Crippen LogP contribution in [0, 0.1) is 0 Å². The Morgan fingerprint density at radius 3 is 2.90 bits per heavy atom. The Labute approximate surface area is 124 Å². The number of hydrogen-bond donors (Lipinski definition) is 2. The normalized spacial score (nSPS) is 18.6. The number of rotatable bonds is 4. The number of carbonyl (C=O) groups is 1. The van der Waals surface area contributed by atoms with Crippen molar-refractivity contribution in [3.05, 3.63) is 12.1 Å². The van der Waals surface area contributed by atoms with E-state index in [-0.39, 0.29) is 12.5 Å². The molecule has 2 aliphatic heterocycles. The van der Waals surface area contributed by atoms with E-state index in [0.29, 0.717) is 29.5 Å². The number of benzene rings is 1. The van der Waals surface area contributed by atoms with Gasteiger partial charge in [-0.25, -0.2) is 0 Å². The number of piperidine rings is 1. The lowest BCUT2D eigenvalue weighted by Gasteiger charge is -2.26. The summed E-state index contributed by atoms with van der Waals surface area (Å²) in [5, 5.41) is 2.76. The van der Waals surface area contributed by atoms with Crippen molar-refractivity contribution in [1.29, 1.82) is 0 Å². The molecule has 6 nitrogen and oxygen atoms in total. The Morgan fingerprint density at radius 1 is 1.29 bits per heavy atom. The molecular formula is C15H21N3O3. The van der Waals surface area contributed by atoms with Gasteiger partial charge in [0.1, 0.15) is 18.1 Å². The fraction of sp³-hybridized carbons (Fsp3) is 0.533. The fourth-order valence-electron chi connectivity index (χ4n) is 2.72. The Hall–Kier alpha value is -1.95. The van der Waals surface area contributed by atoms with E-state index >= 15 is 0 Å². The maximum atomic E-state index is 11.3. The number of nitrogen functional groups attached to an aromatic ring is 1. The van der Waals surface area contributed by atoms with Gasteiger partial charge in [-0.2, -0.15) is 0 Å². The maximum Gasteiger partial charge on any atom is 0.262 e. The minimum atomic E-state index is -0.161. The molecule has 21 heavy (non-hydrogen) atoms. The monoisotopic (exact) mass is 291 g/mol. The van der Waals surface area contributed by atoms with Crippen LogP contribution in [0.2, 0.25) is 0 Å². The first kappa shape index (κ1) is 14.0. The zero-order valence-electron chi connectivity index (χ0n) is 12.1. The summed E-state index contributed by atoms with van der Waals surface area (Å²) in [5.74, 6) is 1.03. The number of anilines is 2. The molecule has 1 fully saturated rings. The number of nitrogens with one attached hydrogen (secondary N) is 1. The van der Waals surface area contributed by atoms with Crippen LogP contribution in [0.5, 0.6) is 11.5 Å². The lowest BCUT2D eigenvalue weighted by molar-refractivity contribution is -0.118. The maximum absolute atomic E-state index is 11.3. The molecule has 0 aromatic heterocycles. The summed E-state index contributed by atoms with van der Waals surface area (Å²) in [5.41, 5.74) is 7.12. The predicted octanol–water partition coefficient (Wildman–Crippen LogP) is 1.46. The van der Waals surface area contributed by atoms with Gasteiger partial charge in [0.05, 0.1) is 11.4 Å². The van der Waals surface area contributed by atoms with E-state index in [0.717, 1.165) is 19.6 Å². The summed E-state index contributed by atoms with van der Waals surface area (Å²) in [6.07, 6.45) is 3.86. The zero-order valence-corrected chi connectivity index (χ0v) is 12.1. The standard InChI is InChI=1S/C15H21N3O3/c16-11-8-14-12(17-15(19)10-21-14)9-13(11)20-7-6-18-4-2-1-3-5-18/h8-9H,1-7,10,16H2,(H,17,19). The Kier molecular flexibility index (Phi) is 4.15. The molecule has 0 radical (unpaired) electrons. The van der Waals surface area contributed by atoms with Gasteiger partial charge in [-0.3, -0.25) is 9.69 Å². The summed E-state index contributed by atoms with van der Waals surface area (Å²) in [4.78, 5) is 13.7. The van der Waals surface area contributed by atoms with Gasteiger partial charge in [0.25, 0.3) is 5.91 Å². The van der Waals surface area contributed by atoms with Gasteiger partial charge in [0.15, 0.2) is 6.61 Å². The third-order valence-electron chi connectivity index (χ3n) is 3.86. The first-order chi connectivity index (χ1) is 10.2. The summed E-state index contributed by atoms with van der Waals surface area (Å²) in [6, 6.07) is 3.43. The summed E-state index contributed by atoms with van der Waals surface area (Å²) < 4.78 is 11.1. The molecule has 0 saturated carbocycles. The van der Waals surface area contributed by atoms with Crippen molar-refractivity contribution < 1.29 is 14.3 Å². The van der Waals surface area contributed by atoms with Crippen molar-refractivity contribution in [3.63, 3.8) is 0 Å². The Bertz CT molecular complexity index is 527. The highest BCUT2D eigenvalue weighted by Gasteiger charge is 2.18. The van der Waals surface area contributed by atoms with Crippen molar-refractivity contribution in [3.8, 4) is 11.5 Å². The molecule has 0 aliphatic carbocycles. The van der Waals surface area contributed by atoms with Crippen molar-refractivity contribution >= 4 is 17.3 Å². The second-order valence-electron chi connectivity index (χ2n) is 5.47. The molecule has 3 N–H and O–H groups in total. The van der Waals surface area contributed by atoms with Gasteiger partial charge < -0.3 is 20.5 Å². The van der Waals surface area contributed by atoms with E-state index in [1.807, 2.05) is 0 Å². The van der Waals surface area contributed by atoms with Crippen LogP contribution in [0.4, 0.5) is 11.4 Å². The van der Waals surface area contributed by atoms with Gasteiger partial charge >= 0.3 is 0 Å². The fourth-order valence-corrected chi connectivity index (χ4v) is 2.72. The average Bonchev–Trinajstić information content (AvgIpc) is 2.49. The number of nitrogens with zero attached hydrogens (tertiary/aromatic N) is 1. The molecule has 0 spiro atoms. The van der Waals surface area contributed by atoms with Crippen molar-refractivity contribution in [2.75, 3.05) is 43.9 Å². The summed E-state index contributed by atoms with van der Waals surface area (Å²) >= 11 is 0. The highest BCUT2D eigenvalue weighted by molar-refractivity contribution is 5.96. The third kappa shape index (κ3) is 3.39. The summed E-state index contributed by atoms with van der Waals surface area (Å²) in [6.45, 7) is 3.82. The van der Waals surface area contributed by atoms with E-state index in [1.54, 1.807) is 12.1 Å². The number of nitrogens with two attached hydrogens (primary N) is 1. The SMILES string of the molecule is Nc1cc2c(cc1OCCN1CCCCC1)NC(=O)CO2. The molecule has 114 valence electrons. The number of amides is 1. The lowest BCUT2D eigenvalue weighted by atomic mass is 10.1. The molecule has 0 bridgehead atoms. The number of ether oxygens (including phenoxy) is 2. The van der Waals surface area contributed by atoms with Crippen molar-refractivity contribution in [2.45, 2.75) is 19.3 Å². The molecule has 1 aromatic carbocycles. The number of fused-ring (bicyclic) bond motifs is 1. The van der Waals surface area contributed by atoms with E-state index < -0.39 is 0 Å². The topological polar surface area (TPSA) is 76.8 Å². The molecule has 1 amide bonds. The average molecular weight is 291 g/mol. The van der Waals surface area contributed by atoms with Gasteiger partial charge in [-0.1, -0.05) is 6.42 Å². The predicted molar refractivity (Wildman–Crippen MR) is 80.8 cm³/mol. The largest absolute Gasteiger partial charge is 0.490 e. The van der Waals surface area contributed by atoms with Crippen LogP contribution in [0.25, 0.3) is 0 Å². The molecule has 6 heteroatoms. The van der Waals surface area contributed by atoms with Crippen LogP contribution in [-0.2, 0) is 4.79 Å². The number of carbonyl (C=O) groups excluding carboxylic acids is 1. The lowest BCUT2D eigenvalue weighted by Crippen LogP contribution is -2.33. The minimum Gasteiger partial charge on any atom is -0.490 e. The minimum absolute atomic E-state index is 0.0294. The molecular weight excluding hydrogens is 270 g/mol. The van der Waals surface area contributed by atoms with Gasteiger partial charge in [0, 0.05) is 18.7 Å². The molecule has 2 heterocycles. The number of hydrogen-bond acceptors (Lipinski definition) is 5. The second kappa shape index (κ2) is 6.22. The molecule has 2 aliphatic rings. The van der Waals surface area contributed by atoms with Gasteiger partial charge in [0.2, 0.25) is 0 Å². The highest BCUT2D eigenvalue weighted by atomic mass is 16.5. The summed E-state index contributed by atoms with van der Waals surface area (Å²) in [7, 11) is 0. The third-order valence-corrected chi connectivity index (χ3v) is 3.86. The highest BCUT2D eigenvalue weighted by Crippen LogP contribution is 2.36. The smallest absolute Gasteiger partial charge is 0.262 e. The van der Waals surface area contributed by atoms with Crippen LogP contribution in [0.3, 0.4) is 0 Å². The van der Waals surface area contributed by atoms with Crippen LogP contribution in [0.1, 0.15) is 19.3 Å². The quantitative estimate of drug-likeness (QED) is 0.821. The van der Waals surface area contributed by atoms with Gasteiger partial charge in [-0.05, 0) is 25.9 Å². The molecule has 0 unspecified atom stereocenters. The van der Waals surface area contributed by atoms with Crippen molar-refractivity contribution in [2.24, 2.45) is 0 Å². The van der Waals surface area contributed by atoms with Crippen LogP contribution in [-0.4, -0.2) is 43.7 Å². The van der Waals surface area contributed by atoms with E-state index in [4.69, 9.17) is 15.2 Å². The molecule has 3 rings (SSSR count).